The third-order valence-corrected chi connectivity index (χ3v) is 5.59. The maximum atomic E-state index is 4.52. The summed E-state index contributed by atoms with van der Waals surface area (Å²) in [4.78, 5) is 11.4. The van der Waals surface area contributed by atoms with Gasteiger partial charge in [-0.3, -0.25) is 4.99 Å². The summed E-state index contributed by atoms with van der Waals surface area (Å²) < 4.78 is 2.17. The highest BCUT2D eigenvalue weighted by atomic mass is 15.2. The summed E-state index contributed by atoms with van der Waals surface area (Å²) in [6.07, 6.45) is 6.07. The molecule has 2 N–H and O–H groups in total. The Kier molecular flexibility index (Phi) is 6.65. The molecule has 2 aromatic carbocycles. The van der Waals surface area contributed by atoms with Crippen LogP contribution in [0.25, 0.3) is 0 Å². The lowest BCUT2D eigenvalue weighted by Gasteiger charge is -2.34. The fraction of sp³-hybridized carbons (Fsp3) is 0.333. The van der Waals surface area contributed by atoms with E-state index in [1.54, 1.807) is 0 Å². The van der Waals surface area contributed by atoms with Gasteiger partial charge in [0, 0.05) is 50.8 Å². The second-order valence-electron chi connectivity index (χ2n) is 7.62. The Balaban J connectivity index is 1.27. The third-order valence-electron chi connectivity index (χ3n) is 5.59. The Morgan fingerprint density at radius 2 is 1.73 bits per heavy atom. The molecule has 3 aromatic rings. The van der Waals surface area contributed by atoms with Crippen molar-refractivity contribution in [3.05, 3.63) is 84.4 Å². The SMILES string of the molecule is CN=C(NCc1nccn1Cc1ccccc1)NC1CCN(c2ccccc2)CC1. The number of benzene rings is 2. The van der Waals surface area contributed by atoms with Gasteiger partial charge in [-0.25, -0.2) is 4.98 Å². The number of nitrogens with zero attached hydrogens (tertiary/aromatic N) is 4. The van der Waals surface area contributed by atoms with E-state index in [1.807, 2.05) is 25.5 Å². The summed E-state index contributed by atoms with van der Waals surface area (Å²) >= 11 is 0. The van der Waals surface area contributed by atoms with Gasteiger partial charge in [-0.15, -0.1) is 0 Å². The highest BCUT2D eigenvalue weighted by molar-refractivity contribution is 5.79. The van der Waals surface area contributed by atoms with Crippen molar-refractivity contribution in [2.45, 2.75) is 32.0 Å². The van der Waals surface area contributed by atoms with Crippen molar-refractivity contribution in [1.29, 1.82) is 0 Å². The Morgan fingerprint density at radius 1 is 1.03 bits per heavy atom. The van der Waals surface area contributed by atoms with Crippen molar-refractivity contribution >= 4 is 11.6 Å². The number of nitrogens with one attached hydrogen (secondary N) is 2. The van der Waals surface area contributed by atoms with Gasteiger partial charge in [-0.2, -0.15) is 0 Å². The number of aromatic nitrogens is 2. The zero-order valence-corrected chi connectivity index (χ0v) is 17.5. The lowest BCUT2D eigenvalue weighted by atomic mass is 10.0. The van der Waals surface area contributed by atoms with E-state index in [0.717, 1.165) is 44.3 Å². The van der Waals surface area contributed by atoms with Crippen LogP contribution in [0.3, 0.4) is 0 Å². The van der Waals surface area contributed by atoms with Gasteiger partial charge < -0.3 is 20.1 Å². The molecule has 6 heteroatoms. The average molecular weight is 403 g/mol. The molecule has 0 radical (unpaired) electrons. The van der Waals surface area contributed by atoms with E-state index in [9.17, 15) is 0 Å². The van der Waals surface area contributed by atoms with Crippen LogP contribution in [0.2, 0.25) is 0 Å². The fourth-order valence-electron chi connectivity index (χ4n) is 3.90. The van der Waals surface area contributed by atoms with Gasteiger partial charge in [-0.1, -0.05) is 48.5 Å². The predicted molar refractivity (Wildman–Crippen MR) is 123 cm³/mol. The van der Waals surface area contributed by atoms with E-state index >= 15 is 0 Å². The molecule has 0 bridgehead atoms. The molecule has 0 aliphatic carbocycles. The summed E-state index contributed by atoms with van der Waals surface area (Å²) in [5.41, 5.74) is 2.58. The summed E-state index contributed by atoms with van der Waals surface area (Å²) in [6.45, 7) is 3.57. The number of aliphatic imine (C=N–C) groups is 1. The second-order valence-corrected chi connectivity index (χ2v) is 7.62. The van der Waals surface area contributed by atoms with Gasteiger partial charge >= 0.3 is 0 Å². The van der Waals surface area contributed by atoms with Crippen LogP contribution in [0.15, 0.2) is 78.0 Å². The summed E-state index contributed by atoms with van der Waals surface area (Å²) in [7, 11) is 1.82. The van der Waals surface area contributed by atoms with Gasteiger partial charge in [0.05, 0.1) is 6.54 Å². The van der Waals surface area contributed by atoms with Crippen LogP contribution in [0, 0.1) is 0 Å². The molecule has 1 aromatic heterocycles. The molecule has 1 saturated heterocycles. The normalized spacial score (nSPS) is 15.2. The van der Waals surface area contributed by atoms with E-state index in [2.05, 4.69) is 84.7 Å². The largest absolute Gasteiger partial charge is 0.371 e. The highest BCUT2D eigenvalue weighted by Gasteiger charge is 2.20. The first-order chi connectivity index (χ1) is 14.8. The van der Waals surface area contributed by atoms with Crippen molar-refractivity contribution in [1.82, 2.24) is 20.2 Å². The first kappa shape index (κ1) is 20.0. The van der Waals surface area contributed by atoms with Gasteiger partial charge in [0.2, 0.25) is 0 Å². The third kappa shape index (κ3) is 5.20. The molecule has 156 valence electrons. The van der Waals surface area contributed by atoms with E-state index < -0.39 is 0 Å². The van der Waals surface area contributed by atoms with Crippen LogP contribution in [-0.4, -0.2) is 41.7 Å². The van der Waals surface area contributed by atoms with Gasteiger partial charge in [0.25, 0.3) is 0 Å². The minimum absolute atomic E-state index is 0.431. The molecule has 0 saturated carbocycles. The van der Waals surface area contributed by atoms with Crippen LogP contribution in [0.5, 0.6) is 0 Å². The Bertz CT molecular complexity index is 927. The van der Waals surface area contributed by atoms with Crippen LogP contribution in [0.1, 0.15) is 24.2 Å². The number of imidazole rings is 1. The monoisotopic (exact) mass is 402 g/mol. The molecule has 0 unspecified atom stereocenters. The van der Waals surface area contributed by atoms with Gasteiger partial charge in [0.1, 0.15) is 5.82 Å². The first-order valence-corrected chi connectivity index (χ1v) is 10.6. The highest BCUT2D eigenvalue weighted by Crippen LogP contribution is 2.19. The molecule has 1 aliphatic rings. The average Bonchev–Trinajstić information content (AvgIpc) is 3.25. The lowest BCUT2D eigenvalue weighted by molar-refractivity contribution is 0.461. The standard InChI is InChI=1S/C24H30N6/c1-25-24(28-21-12-15-29(16-13-21)22-10-6-3-7-11-22)27-18-23-26-14-17-30(23)19-20-8-4-2-5-9-20/h2-11,14,17,21H,12-13,15-16,18-19H2,1H3,(H2,25,27,28). The molecule has 0 atom stereocenters. The number of hydrogen-bond acceptors (Lipinski definition) is 3. The van der Waals surface area contributed by atoms with E-state index in [1.165, 1.54) is 11.3 Å². The van der Waals surface area contributed by atoms with Crippen molar-refractivity contribution in [3.8, 4) is 0 Å². The molecule has 1 aliphatic heterocycles. The fourth-order valence-corrected chi connectivity index (χ4v) is 3.90. The Morgan fingerprint density at radius 3 is 2.43 bits per heavy atom. The first-order valence-electron chi connectivity index (χ1n) is 10.6. The molecule has 6 nitrogen and oxygen atoms in total. The van der Waals surface area contributed by atoms with Gasteiger partial charge in [-0.05, 0) is 30.5 Å². The number of rotatable bonds is 6. The van der Waals surface area contributed by atoms with Crippen LogP contribution in [-0.2, 0) is 13.1 Å². The second kappa shape index (κ2) is 9.96. The topological polar surface area (TPSA) is 57.5 Å². The van der Waals surface area contributed by atoms with Crippen molar-refractivity contribution in [2.24, 2.45) is 4.99 Å². The van der Waals surface area contributed by atoms with Crippen molar-refractivity contribution in [2.75, 3.05) is 25.0 Å². The molecule has 2 heterocycles. The lowest BCUT2D eigenvalue weighted by Crippen LogP contribution is -2.48. The minimum Gasteiger partial charge on any atom is -0.371 e. The molecule has 0 spiro atoms. The van der Waals surface area contributed by atoms with E-state index in [-0.39, 0.29) is 0 Å². The molecule has 4 rings (SSSR count). The molecule has 30 heavy (non-hydrogen) atoms. The Labute approximate surface area is 178 Å². The predicted octanol–water partition coefficient (Wildman–Crippen LogP) is 3.27. The number of hydrogen-bond donors (Lipinski definition) is 2. The van der Waals surface area contributed by atoms with Crippen LogP contribution in [0.4, 0.5) is 5.69 Å². The number of guanidine groups is 1. The van der Waals surface area contributed by atoms with E-state index in [4.69, 9.17) is 0 Å². The minimum atomic E-state index is 0.431. The maximum absolute atomic E-state index is 4.52. The number of para-hydroxylation sites is 1. The molecule has 1 fully saturated rings. The van der Waals surface area contributed by atoms with Crippen molar-refractivity contribution < 1.29 is 0 Å². The van der Waals surface area contributed by atoms with Crippen molar-refractivity contribution in [3.63, 3.8) is 0 Å². The maximum Gasteiger partial charge on any atom is 0.191 e. The zero-order valence-electron chi connectivity index (χ0n) is 17.5. The number of anilines is 1. The quantitative estimate of drug-likeness (QED) is 0.491. The smallest absolute Gasteiger partial charge is 0.191 e. The Hall–Kier alpha value is -3.28. The summed E-state index contributed by atoms with van der Waals surface area (Å²) in [5, 5.41) is 7.01. The molecular weight excluding hydrogens is 372 g/mol. The summed E-state index contributed by atoms with van der Waals surface area (Å²) in [6, 6.07) is 21.5. The molecule has 0 amide bonds. The van der Waals surface area contributed by atoms with Gasteiger partial charge in [0.15, 0.2) is 5.96 Å². The number of piperidine rings is 1. The zero-order chi connectivity index (χ0) is 20.6. The molecular formula is C24H30N6. The van der Waals surface area contributed by atoms with E-state index in [0.29, 0.717) is 12.6 Å². The van der Waals surface area contributed by atoms with Crippen LogP contribution >= 0.6 is 0 Å². The summed E-state index contributed by atoms with van der Waals surface area (Å²) in [5.74, 6) is 1.84. The van der Waals surface area contributed by atoms with Crippen LogP contribution < -0.4 is 15.5 Å².